The molecule has 0 radical (unpaired) electrons. The number of hydrogen-bond acceptors (Lipinski definition) is 13. The Hall–Kier alpha value is -5.97. The zero-order valence-electron chi connectivity index (χ0n) is 34.6. The van der Waals surface area contributed by atoms with Gasteiger partial charge in [-0.25, -0.2) is 18.6 Å². The van der Waals surface area contributed by atoms with Crippen LogP contribution in [0.5, 0.6) is 0 Å². The number of benzene rings is 1. The van der Waals surface area contributed by atoms with Crippen LogP contribution in [0.2, 0.25) is 0 Å². The van der Waals surface area contributed by atoms with E-state index in [0.717, 1.165) is 71.0 Å². The Labute approximate surface area is 357 Å². The number of ether oxygens (including phenoxy) is 1. The van der Waals surface area contributed by atoms with Gasteiger partial charge in [-0.1, -0.05) is 17.9 Å². The number of para-hydroxylation sites is 1. The molecule has 6 aliphatic rings. The van der Waals surface area contributed by atoms with Crippen LogP contribution in [0, 0.1) is 28.6 Å². The van der Waals surface area contributed by atoms with Gasteiger partial charge in [0.1, 0.15) is 23.4 Å². The summed E-state index contributed by atoms with van der Waals surface area (Å²) >= 11 is 0. The number of piperidine rings is 1. The number of allylic oxidation sites excluding steroid dienone is 1. The number of carbonyl (C=O) groups is 3. The predicted octanol–water partition coefficient (Wildman–Crippen LogP) is 1.53. The van der Waals surface area contributed by atoms with Gasteiger partial charge in [-0.3, -0.25) is 39.1 Å². The lowest BCUT2D eigenvalue weighted by molar-refractivity contribution is -0.135. The lowest BCUT2D eigenvalue weighted by Gasteiger charge is -2.37. The summed E-state index contributed by atoms with van der Waals surface area (Å²) in [5.74, 6) is 6.13. The molecule has 3 atom stereocenters. The Morgan fingerprint density at radius 1 is 1.10 bits per heavy atom. The standard InChI is InChI=1S/C43H52F2N12O5/c1-53-38-27(4-2-6-33(38)57(43(53)61)34-11-12-36(58)52-42(34)60)5-3-15-54-16-18-55(19-17-54)23-26-7-9-28(10-8-26)49-22-32(37(47)39(44)45)50-41(59)31(21-46)40-48-14-13-35(51-40)56-24-30-20-29(56)25-62-30/h2,4,6,13-14,21-22,26,28-30,34,39,46-49H,7-12,15-20,23-25H2,1H3,(H,50,59)(H,52,58,60)/b32-22+,40-31-,46-21?,47-37?/t26-,28-,29-,30-,34?/m0/s1. The monoisotopic (exact) mass is 854 g/mol. The number of hydrogen-bond donors (Lipinski definition) is 6. The summed E-state index contributed by atoms with van der Waals surface area (Å²) in [6.07, 6.45) is 7.37. The van der Waals surface area contributed by atoms with Crippen LogP contribution in [-0.4, -0.2) is 136 Å². The second-order valence-corrected chi connectivity index (χ2v) is 16.7. The first kappa shape index (κ1) is 42.7. The van der Waals surface area contributed by atoms with E-state index in [2.05, 4.69) is 52.8 Å². The third kappa shape index (κ3) is 9.13. The van der Waals surface area contributed by atoms with Crippen LogP contribution in [0.25, 0.3) is 11.0 Å². The topological polar surface area (TPSA) is 205 Å². The number of nitrogens with one attached hydrogen (secondary N) is 6. The summed E-state index contributed by atoms with van der Waals surface area (Å²) in [5.41, 5.74) is 0.0944. The van der Waals surface area contributed by atoms with Crippen LogP contribution in [0.3, 0.4) is 0 Å². The van der Waals surface area contributed by atoms with Gasteiger partial charge >= 0.3 is 5.69 Å². The van der Waals surface area contributed by atoms with Crippen molar-refractivity contribution in [1.82, 2.24) is 45.1 Å². The average Bonchev–Trinajstić information content (AvgIpc) is 3.98. The fraction of sp³-hybridized carbons (Fsp3) is 0.512. The van der Waals surface area contributed by atoms with Crippen LogP contribution < -0.4 is 27.0 Å². The van der Waals surface area contributed by atoms with Gasteiger partial charge in [0, 0.05) is 77.4 Å². The number of nitrogens with zero attached hydrogens (tertiary/aromatic N) is 6. The second kappa shape index (κ2) is 18.6. The summed E-state index contributed by atoms with van der Waals surface area (Å²) < 4.78 is 36.3. The van der Waals surface area contributed by atoms with E-state index in [-0.39, 0.29) is 59.7 Å². The molecule has 62 heavy (non-hydrogen) atoms. The van der Waals surface area contributed by atoms with E-state index in [1.54, 1.807) is 25.4 Å². The highest BCUT2D eigenvalue weighted by Crippen LogP contribution is 2.30. The number of fused-ring (bicyclic) bond motifs is 3. The Bertz CT molecular complexity index is 2370. The normalized spacial score (nSPS) is 26.5. The van der Waals surface area contributed by atoms with Gasteiger partial charge in [0.05, 0.1) is 53.2 Å². The van der Waals surface area contributed by atoms with E-state index in [4.69, 9.17) is 15.6 Å². The van der Waals surface area contributed by atoms with Crippen molar-refractivity contribution in [3.8, 4) is 11.8 Å². The molecule has 6 heterocycles. The number of aryl methyl sites for hydroxylation is 1. The van der Waals surface area contributed by atoms with Gasteiger partial charge < -0.3 is 35.9 Å². The number of imidazole rings is 1. The fourth-order valence-electron chi connectivity index (χ4n) is 9.31. The van der Waals surface area contributed by atoms with E-state index in [9.17, 15) is 28.0 Å². The highest BCUT2D eigenvalue weighted by Gasteiger charge is 2.40. The second-order valence-electron chi connectivity index (χ2n) is 16.7. The Morgan fingerprint density at radius 2 is 1.87 bits per heavy atom. The number of amides is 3. The van der Waals surface area contributed by atoms with E-state index in [0.29, 0.717) is 48.0 Å². The number of carbonyl (C=O) groups excluding carboxylic acids is 3. The molecular formula is C43H52F2N12O5. The number of halogens is 2. The molecule has 0 spiro atoms. The molecule has 2 aromatic rings. The van der Waals surface area contributed by atoms with Crippen LogP contribution >= 0.6 is 0 Å². The number of likely N-dealkylation sites (tertiary alicyclic amines) is 1. The Morgan fingerprint density at radius 3 is 2.56 bits per heavy atom. The number of aromatic nitrogens is 2. The van der Waals surface area contributed by atoms with Crippen molar-refractivity contribution < 1.29 is 27.9 Å². The van der Waals surface area contributed by atoms with E-state index < -0.39 is 30.0 Å². The van der Waals surface area contributed by atoms with Crippen molar-refractivity contribution >= 4 is 46.5 Å². The molecule has 19 heteroatoms. The van der Waals surface area contributed by atoms with Crippen LogP contribution in [0.1, 0.15) is 56.6 Å². The zero-order chi connectivity index (χ0) is 43.5. The number of alkyl halides is 2. The summed E-state index contributed by atoms with van der Waals surface area (Å²) in [6, 6.07) is 4.91. The quantitative estimate of drug-likeness (QED) is 0.0833. The third-order valence-corrected chi connectivity index (χ3v) is 12.7. The smallest absolute Gasteiger partial charge is 0.329 e. The molecule has 17 nitrogen and oxygen atoms in total. The molecule has 1 saturated carbocycles. The number of aliphatic imine (C=N–C) groups is 1. The van der Waals surface area contributed by atoms with Crippen LogP contribution in [-0.2, 0) is 26.2 Å². The van der Waals surface area contributed by atoms with Gasteiger partial charge in [0.15, 0.2) is 0 Å². The molecule has 3 amide bonds. The summed E-state index contributed by atoms with van der Waals surface area (Å²) in [5, 5.41) is 26.8. The number of morpholine rings is 1. The lowest BCUT2D eigenvalue weighted by atomic mass is 9.85. The fourth-order valence-corrected chi connectivity index (χ4v) is 9.31. The number of piperazine rings is 1. The number of imide groups is 1. The van der Waals surface area contributed by atoms with Crippen molar-refractivity contribution in [2.24, 2.45) is 18.0 Å². The molecule has 6 N–H and O–H groups in total. The predicted molar refractivity (Wildman–Crippen MR) is 228 cm³/mol. The lowest BCUT2D eigenvalue weighted by Crippen LogP contribution is -2.48. The minimum Gasteiger partial charge on any atom is -0.386 e. The van der Waals surface area contributed by atoms with Crippen LogP contribution in [0.15, 0.2) is 63.6 Å². The molecule has 8 rings (SSSR count). The minimum atomic E-state index is -3.12. The first-order chi connectivity index (χ1) is 30.0. The highest BCUT2D eigenvalue weighted by molar-refractivity contribution is 6.15. The summed E-state index contributed by atoms with van der Waals surface area (Å²) in [4.78, 5) is 62.4. The molecule has 4 saturated heterocycles. The summed E-state index contributed by atoms with van der Waals surface area (Å²) in [6.45, 7) is 6.33. The SMILES string of the molecule is Cn1c(=O)n(C2CCC(=O)NC2=O)c2cccc(C#CCN3CCN(C[C@H]4CC[C@H](N/C=C(/NC(=O)/C(C=N)=C5\N=C(N6C[C@@H]7C[C@H]6CO7)C=CN5)C(=N)C(F)F)CC4)CC3)c21. The zero-order valence-corrected chi connectivity index (χ0v) is 34.6. The van der Waals surface area contributed by atoms with E-state index in [1.165, 1.54) is 15.3 Å². The van der Waals surface area contributed by atoms with Gasteiger partial charge in [0.25, 0.3) is 12.3 Å². The average molecular weight is 855 g/mol. The number of amidine groups is 1. The molecule has 1 aliphatic carbocycles. The largest absolute Gasteiger partial charge is 0.386 e. The van der Waals surface area contributed by atoms with Crippen molar-refractivity contribution in [3.05, 3.63) is 69.8 Å². The molecule has 328 valence electrons. The van der Waals surface area contributed by atoms with Crippen molar-refractivity contribution in [1.29, 1.82) is 10.8 Å². The maximum Gasteiger partial charge on any atom is 0.329 e. The van der Waals surface area contributed by atoms with Gasteiger partial charge in [0.2, 0.25) is 11.8 Å². The minimum absolute atomic E-state index is 0.0130. The molecule has 1 aromatic carbocycles. The van der Waals surface area contributed by atoms with Gasteiger partial charge in [-0.15, -0.1) is 0 Å². The maximum absolute atomic E-state index is 13.8. The molecule has 5 fully saturated rings. The Balaban J connectivity index is 0.808. The van der Waals surface area contributed by atoms with E-state index in [1.807, 2.05) is 12.1 Å². The highest BCUT2D eigenvalue weighted by atomic mass is 19.3. The molecule has 1 aromatic heterocycles. The first-order valence-corrected chi connectivity index (χ1v) is 21.2. The van der Waals surface area contributed by atoms with Crippen molar-refractivity contribution in [2.45, 2.75) is 75.6 Å². The van der Waals surface area contributed by atoms with Crippen molar-refractivity contribution in [2.75, 3.05) is 52.4 Å². The molecule has 2 bridgehead atoms. The first-order valence-electron chi connectivity index (χ1n) is 21.2. The molecular weight excluding hydrogens is 803 g/mol. The number of rotatable bonds is 11. The molecule has 1 unspecified atom stereocenters. The van der Waals surface area contributed by atoms with Gasteiger partial charge in [-0.05, 0) is 62.7 Å². The van der Waals surface area contributed by atoms with Crippen LogP contribution in [0.4, 0.5) is 8.78 Å². The third-order valence-electron chi connectivity index (χ3n) is 12.7. The van der Waals surface area contributed by atoms with Crippen molar-refractivity contribution in [3.63, 3.8) is 0 Å². The summed E-state index contributed by atoms with van der Waals surface area (Å²) in [7, 11) is 1.67. The van der Waals surface area contributed by atoms with E-state index >= 15 is 0 Å². The molecule has 5 aliphatic heterocycles. The van der Waals surface area contributed by atoms with Gasteiger partial charge in [-0.2, -0.15) is 0 Å². The Kier molecular flexibility index (Phi) is 12.8. The maximum atomic E-state index is 13.8.